The van der Waals surface area contributed by atoms with Crippen molar-refractivity contribution >= 4 is 11.8 Å². The van der Waals surface area contributed by atoms with Crippen molar-refractivity contribution in [3.63, 3.8) is 0 Å². The largest absolute Gasteiger partial charge is 0.456 e. The highest BCUT2D eigenvalue weighted by molar-refractivity contribution is 6.04. The second-order valence-electron chi connectivity index (χ2n) is 5.27. The molecule has 0 bridgehead atoms. The monoisotopic (exact) mass is 246 g/mol. The van der Waals surface area contributed by atoms with E-state index in [1.807, 2.05) is 51.1 Å². The Labute approximate surface area is 107 Å². The van der Waals surface area contributed by atoms with Crippen molar-refractivity contribution in [2.24, 2.45) is 11.3 Å². The topological polar surface area (TPSA) is 43.4 Å². The maximum atomic E-state index is 12.4. The van der Waals surface area contributed by atoms with Crippen molar-refractivity contribution < 1.29 is 14.3 Å². The van der Waals surface area contributed by atoms with E-state index < -0.39 is 23.4 Å². The van der Waals surface area contributed by atoms with Gasteiger partial charge in [-0.3, -0.25) is 9.59 Å². The van der Waals surface area contributed by atoms with Crippen LogP contribution in [0.5, 0.6) is 0 Å². The summed E-state index contributed by atoms with van der Waals surface area (Å²) in [5.74, 6) is -1.02. The highest BCUT2D eigenvalue weighted by Crippen LogP contribution is 2.44. The average Bonchev–Trinajstić information content (AvgIpc) is 2.36. The van der Waals surface area contributed by atoms with E-state index in [9.17, 15) is 9.59 Å². The predicted molar refractivity (Wildman–Crippen MR) is 67.8 cm³/mol. The molecule has 1 aromatic carbocycles. The van der Waals surface area contributed by atoms with Crippen LogP contribution >= 0.6 is 0 Å². The lowest BCUT2D eigenvalue weighted by Gasteiger charge is -2.39. The maximum Gasteiger partial charge on any atom is 0.317 e. The number of carbonyl (C=O) groups excluding carboxylic acids is 2. The maximum absolute atomic E-state index is 12.4. The minimum Gasteiger partial charge on any atom is -0.456 e. The lowest BCUT2D eigenvalue weighted by molar-refractivity contribution is -0.178. The van der Waals surface area contributed by atoms with Gasteiger partial charge in [0.25, 0.3) is 0 Å². The van der Waals surface area contributed by atoms with E-state index in [1.54, 1.807) is 0 Å². The van der Waals surface area contributed by atoms with Crippen LogP contribution in [0.3, 0.4) is 0 Å². The summed E-state index contributed by atoms with van der Waals surface area (Å²) in [6.45, 7) is 5.53. The van der Waals surface area contributed by atoms with E-state index in [4.69, 9.17) is 4.74 Å². The Morgan fingerprint density at radius 3 is 2.33 bits per heavy atom. The quantitative estimate of drug-likeness (QED) is 0.595. The minimum atomic E-state index is -0.671. The Morgan fingerprint density at radius 2 is 1.78 bits per heavy atom. The van der Waals surface area contributed by atoms with Gasteiger partial charge < -0.3 is 4.74 Å². The van der Waals surface area contributed by atoms with Gasteiger partial charge in [-0.05, 0) is 25.8 Å². The number of esters is 1. The molecule has 1 aliphatic heterocycles. The number of cyclic esters (lactones) is 1. The molecule has 0 N–H and O–H groups in total. The molecule has 2 atom stereocenters. The standard InChI is InChI=1S/C15H18O3/c1-4-11-12(16)15(2,3)13(18-14(11)17)10-8-6-5-7-9-10/h5-9,11,13H,4H2,1-3H3. The molecule has 1 heterocycles. The highest BCUT2D eigenvalue weighted by Gasteiger charge is 2.50. The van der Waals surface area contributed by atoms with Crippen molar-refractivity contribution in [2.75, 3.05) is 0 Å². The Bertz CT molecular complexity index is 462. The Hall–Kier alpha value is -1.64. The summed E-state index contributed by atoms with van der Waals surface area (Å²) < 4.78 is 5.50. The van der Waals surface area contributed by atoms with Gasteiger partial charge in [-0.15, -0.1) is 0 Å². The van der Waals surface area contributed by atoms with Crippen molar-refractivity contribution in [1.82, 2.24) is 0 Å². The summed E-state index contributed by atoms with van der Waals surface area (Å²) in [5, 5.41) is 0. The van der Waals surface area contributed by atoms with Gasteiger partial charge in [0, 0.05) is 0 Å². The van der Waals surface area contributed by atoms with Crippen LogP contribution in [-0.4, -0.2) is 11.8 Å². The predicted octanol–water partition coefficient (Wildman–Crippen LogP) is 2.91. The van der Waals surface area contributed by atoms with Crippen molar-refractivity contribution in [1.29, 1.82) is 0 Å². The van der Waals surface area contributed by atoms with Crippen molar-refractivity contribution in [3.8, 4) is 0 Å². The smallest absolute Gasteiger partial charge is 0.317 e. The van der Waals surface area contributed by atoms with E-state index in [-0.39, 0.29) is 5.78 Å². The molecule has 0 amide bonds. The molecule has 3 nitrogen and oxygen atoms in total. The first-order valence-corrected chi connectivity index (χ1v) is 6.28. The van der Waals surface area contributed by atoms with Crippen LogP contribution < -0.4 is 0 Å². The molecule has 2 rings (SSSR count). The van der Waals surface area contributed by atoms with Crippen molar-refractivity contribution in [2.45, 2.75) is 33.3 Å². The third-order valence-electron chi connectivity index (χ3n) is 3.64. The van der Waals surface area contributed by atoms with Crippen LogP contribution in [-0.2, 0) is 14.3 Å². The zero-order chi connectivity index (χ0) is 13.3. The van der Waals surface area contributed by atoms with Gasteiger partial charge >= 0.3 is 5.97 Å². The van der Waals surface area contributed by atoms with Gasteiger partial charge in [0.05, 0.1) is 5.41 Å². The fourth-order valence-electron chi connectivity index (χ4n) is 2.50. The Kier molecular flexibility index (Phi) is 3.24. The number of rotatable bonds is 2. The van der Waals surface area contributed by atoms with Gasteiger partial charge in [0.1, 0.15) is 12.0 Å². The van der Waals surface area contributed by atoms with Crippen LogP contribution in [0.1, 0.15) is 38.9 Å². The molecule has 1 saturated heterocycles. The third kappa shape index (κ3) is 1.94. The molecular formula is C15H18O3. The van der Waals surface area contributed by atoms with Crippen LogP contribution in [0.2, 0.25) is 0 Å². The molecule has 0 radical (unpaired) electrons. The normalized spacial score (nSPS) is 26.8. The van der Waals surface area contributed by atoms with E-state index in [1.165, 1.54) is 0 Å². The van der Waals surface area contributed by atoms with Gasteiger partial charge in [0.15, 0.2) is 5.78 Å². The summed E-state index contributed by atoms with van der Waals surface area (Å²) in [6, 6.07) is 9.45. The van der Waals surface area contributed by atoms with E-state index in [0.29, 0.717) is 6.42 Å². The van der Waals surface area contributed by atoms with Gasteiger partial charge in [-0.2, -0.15) is 0 Å². The molecule has 96 valence electrons. The SMILES string of the molecule is CCC1C(=O)OC(c2ccccc2)C(C)(C)C1=O. The second kappa shape index (κ2) is 4.56. The summed E-state index contributed by atoms with van der Waals surface area (Å²) in [6.07, 6.45) is 0.0179. The van der Waals surface area contributed by atoms with Crippen LogP contribution in [0.15, 0.2) is 30.3 Å². The van der Waals surface area contributed by atoms with Crippen LogP contribution in [0.4, 0.5) is 0 Å². The number of hydrogen-bond donors (Lipinski definition) is 0. The van der Waals surface area contributed by atoms with E-state index >= 15 is 0 Å². The second-order valence-corrected chi connectivity index (χ2v) is 5.27. The molecule has 0 spiro atoms. The molecule has 1 fully saturated rings. The van der Waals surface area contributed by atoms with E-state index in [0.717, 1.165) is 5.56 Å². The summed E-state index contributed by atoms with van der Waals surface area (Å²) in [4.78, 5) is 24.2. The fourth-order valence-corrected chi connectivity index (χ4v) is 2.50. The first kappa shape index (κ1) is 12.8. The molecule has 18 heavy (non-hydrogen) atoms. The number of ether oxygens (including phenoxy) is 1. The first-order chi connectivity index (χ1) is 8.48. The van der Waals surface area contributed by atoms with Gasteiger partial charge in [-0.1, -0.05) is 37.3 Å². The van der Waals surface area contributed by atoms with Crippen LogP contribution in [0.25, 0.3) is 0 Å². The number of hydrogen-bond acceptors (Lipinski definition) is 3. The first-order valence-electron chi connectivity index (χ1n) is 6.28. The number of benzene rings is 1. The van der Waals surface area contributed by atoms with Crippen LogP contribution in [0, 0.1) is 11.3 Å². The summed E-state index contributed by atoms with van der Waals surface area (Å²) in [7, 11) is 0. The van der Waals surface area contributed by atoms with Gasteiger partial charge in [-0.25, -0.2) is 0 Å². The minimum absolute atomic E-state index is 0.0184. The highest BCUT2D eigenvalue weighted by atomic mass is 16.5. The number of carbonyl (C=O) groups is 2. The summed E-state index contributed by atoms with van der Waals surface area (Å²) >= 11 is 0. The number of Topliss-reactive ketones (excluding diaryl/α,β-unsaturated/α-hetero) is 1. The molecule has 0 saturated carbocycles. The molecule has 0 aliphatic carbocycles. The third-order valence-corrected chi connectivity index (χ3v) is 3.64. The molecule has 0 aromatic heterocycles. The molecule has 2 unspecified atom stereocenters. The van der Waals surface area contributed by atoms with Gasteiger partial charge in [0.2, 0.25) is 0 Å². The van der Waals surface area contributed by atoms with Crippen molar-refractivity contribution in [3.05, 3.63) is 35.9 Å². The molecule has 1 aromatic rings. The van der Waals surface area contributed by atoms with E-state index in [2.05, 4.69) is 0 Å². The fraction of sp³-hybridized carbons (Fsp3) is 0.467. The molecule has 3 heteroatoms. The number of ketones is 1. The lowest BCUT2D eigenvalue weighted by Crippen LogP contribution is -2.47. The summed E-state index contributed by atoms with van der Waals surface area (Å²) in [5.41, 5.74) is 0.203. The Balaban J connectivity index is 2.39. The average molecular weight is 246 g/mol. The zero-order valence-corrected chi connectivity index (χ0v) is 11.0. The lowest BCUT2D eigenvalue weighted by atomic mass is 9.72. The Morgan fingerprint density at radius 1 is 1.17 bits per heavy atom. The molecular weight excluding hydrogens is 228 g/mol. The zero-order valence-electron chi connectivity index (χ0n) is 11.0. The molecule has 1 aliphatic rings.